The second-order valence-corrected chi connectivity index (χ2v) is 9.32. The number of hydrogen-bond acceptors (Lipinski definition) is 7. The van der Waals surface area contributed by atoms with Gasteiger partial charge in [0.1, 0.15) is 18.7 Å². The van der Waals surface area contributed by atoms with Crippen molar-refractivity contribution in [2.45, 2.75) is 73.6 Å². The van der Waals surface area contributed by atoms with Gasteiger partial charge < -0.3 is 14.9 Å². The minimum absolute atomic E-state index is 0.0501. The Labute approximate surface area is 180 Å². The number of hydrogen-bond donors (Lipinski definition) is 1. The van der Waals surface area contributed by atoms with Crippen molar-refractivity contribution in [3.8, 4) is 0 Å². The van der Waals surface area contributed by atoms with Gasteiger partial charge in [0.25, 0.3) is 0 Å². The van der Waals surface area contributed by atoms with Gasteiger partial charge in [-0.1, -0.05) is 41.5 Å². The van der Waals surface area contributed by atoms with Crippen molar-refractivity contribution < 1.29 is 33.9 Å². The molecule has 0 radical (unpaired) electrons. The molecule has 0 aliphatic carbocycles. The minimum atomic E-state index is -0.478. The summed E-state index contributed by atoms with van der Waals surface area (Å²) in [7, 11) is 0. The van der Waals surface area contributed by atoms with E-state index in [2.05, 4.69) is 36.0 Å². The van der Waals surface area contributed by atoms with E-state index in [1.807, 2.05) is 0 Å². The van der Waals surface area contributed by atoms with Gasteiger partial charge in [0.05, 0.1) is 6.61 Å². The van der Waals surface area contributed by atoms with Gasteiger partial charge in [-0.3, -0.25) is 14.4 Å². The van der Waals surface area contributed by atoms with Crippen molar-refractivity contribution in [2.75, 3.05) is 26.4 Å². The van der Waals surface area contributed by atoms with E-state index in [0.29, 0.717) is 26.0 Å². The lowest BCUT2D eigenvalue weighted by Crippen LogP contribution is -2.27. The van der Waals surface area contributed by atoms with Gasteiger partial charge >= 0.3 is 0 Å². The Morgan fingerprint density at radius 3 is 2.23 bits per heavy atom. The first kappa shape index (κ1) is 28.2. The quantitative estimate of drug-likeness (QED) is 0.131. The third kappa shape index (κ3) is 18.3. The molecule has 0 saturated carbocycles. The first-order chi connectivity index (χ1) is 13.9. The molecule has 0 aliphatic heterocycles. The van der Waals surface area contributed by atoms with Crippen LogP contribution in [0.3, 0.4) is 0 Å². The van der Waals surface area contributed by atoms with Crippen LogP contribution in [0.5, 0.6) is 0 Å². The molecule has 0 unspecified atom stereocenters. The van der Waals surface area contributed by atoms with Crippen LogP contribution in [0.1, 0.15) is 73.6 Å². The summed E-state index contributed by atoms with van der Waals surface area (Å²) in [6.45, 7) is 13.2. The van der Waals surface area contributed by atoms with Crippen LogP contribution < -0.4 is 5.32 Å². The molecule has 8 heteroatoms. The van der Waals surface area contributed by atoms with Crippen LogP contribution in [-0.4, -0.2) is 43.8 Å². The number of nitrogens with one attached hydrogen (secondary N) is 1. The molecule has 0 aromatic heterocycles. The van der Waals surface area contributed by atoms with Crippen molar-refractivity contribution >= 4 is 17.5 Å². The number of Topliss-reactive ketones (excluding diaryl/α,β-unsaturated/α-hetero) is 1. The number of carbonyl (C=O) groups excluding carboxylic acids is 3. The zero-order chi connectivity index (χ0) is 23.0. The van der Waals surface area contributed by atoms with E-state index in [1.165, 1.54) is 6.08 Å². The Kier molecular flexibility index (Phi) is 14.2. The number of ketones is 2. The maximum Gasteiger partial charge on any atom is 0.220 e. The fourth-order valence-electron chi connectivity index (χ4n) is 2.03. The normalized spacial score (nSPS) is 12.2. The first-order valence-electron chi connectivity index (χ1n) is 10.4. The van der Waals surface area contributed by atoms with Gasteiger partial charge in [-0.25, -0.2) is 0 Å². The summed E-state index contributed by atoms with van der Waals surface area (Å²) in [4.78, 5) is 44.4. The molecule has 0 saturated heterocycles. The van der Waals surface area contributed by atoms with Crippen LogP contribution in [0.15, 0.2) is 12.3 Å². The van der Waals surface area contributed by atoms with Gasteiger partial charge in [-0.05, 0) is 23.3 Å². The molecule has 0 atom stereocenters. The molecule has 30 heavy (non-hydrogen) atoms. The summed E-state index contributed by atoms with van der Waals surface area (Å²) in [6, 6.07) is 0. The molecule has 0 aromatic carbocycles. The van der Waals surface area contributed by atoms with Crippen molar-refractivity contribution in [2.24, 2.45) is 10.8 Å². The lowest BCUT2D eigenvalue weighted by molar-refractivity contribution is -0.491. The van der Waals surface area contributed by atoms with Crippen molar-refractivity contribution in [1.82, 2.24) is 5.32 Å². The molecule has 0 aliphatic rings. The highest BCUT2D eigenvalue weighted by Crippen LogP contribution is 2.17. The van der Waals surface area contributed by atoms with E-state index < -0.39 is 5.41 Å². The molecule has 174 valence electrons. The molecule has 0 aromatic rings. The third-order valence-electron chi connectivity index (χ3n) is 3.98. The fourth-order valence-corrected chi connectivity index (χ4v) is 2.03. The zero-order valence-electron chi connectivity index (χ0n) is 19.4. The molecule has 8 nitrogen and oxygen atoms in total. The highest BCUT2D eigenvalue weighted by atomic mass is 17.5. The first-order valence-corrected chi connectivity index (χ1v) is 10.4. The maximum absolute atomic E-state index is 11.8. The smallest absolute Gasteiger partial charge is 0.220 e. The number of ether oxygens (including phenoxy) is 1. The van der Waals surface area contributed by atoms with Gasteiger partial charge in [0.2, 0.25) is 5.91 Å². The standard InChI is InChI=1S/C22H39NO7/c1-21(2,3)12-13-23-20(26)10-9-18(24)8-7-14-27-16-17-29-30-28-15-11-19(25)22(4,5)6/h11,15H,7-10,12-14,16-17H2,1-6H3,(H,23,26)/b15-11+. The monoisotopic (exact) mass is 429 g/mol. The van der Waals surface area contributed by atoms with E-state index in [4.69, 9.17) is 9.62 Å². The van der Waals surface area contributed by atoms with Crippen LogP contribution in [-0.2, 0) is 33.9 Å². The van der Waals surface area contributed by atoms with Gasteiger partial charge in [0, 0.05) is 43.9 Å². The van der Waals surface area contributed by atoms with E-state index >= 15 is 0 Å². The molecule has 0 spiro atoms. The number of carbonyl (C=O) groups is 3. The Balaban J connectivity index is 3.52. The predicted molar refractivity (Wildman–Crippen MR) is 113 cm³/mol. The molecule has 0 heterocycles. The molecular formula is C22H39NO7. The summed E-state index contributed by atoms with van der Waals surface area (Å²) >= 11 is 0. The summed E-state index contributed by atoms with van der Waals surface area (Å²) in [5, 5.41) is 7.27. The van der Waals surface area contributed by atoms with Crippen LogP contribution in [0.25, 0.3) is 0 Å². The van der Waals surface area contributed by atoms with Crippen LogP contribution >= 0.6 is 0 Å². The van der Waals surface area contributed by atoms with Gasteiger partial charge in [0.15, 0.2) is 5.78 Å². The predicted octanol–water partition coefficient (Wildman–Crippen LogP) is 3.69. The fraction of sp³-hybridized carbons (Fsp3) is 0.773. The van der Waals surface area contributed by atoms with Gasteiger partial charge in [-0.2, -0.15) is 4.89 Å². The average molecular weight is 430 g/mol. The molecule has 1 amide bonds. The summed E-state index contributed by atoms with van der Waals surface area (Å²) < 4.78 is 5.32. The van der Waals surface area contributed by atoms with E-state index in [0.717, 1.165) is 12.7 Å². The number of amides is 1. The van der Waals surface area contributed by atoms with Crippen LogP contribution in [0.4, 0.5) is 0 Å². The Bertz CT molecular complexity index is 545. The third-order valence-corrected chi connectivity index (χ3v) is 3.98. The minimum Gasteiger partial charge on any atom is -0.379 e. The zero-order valence-corrected chi connectivity index (χ0v) is 19.4. The lowest BCUT2D eigenvalue weighted by atomic mass is 9.91. The van der Waals surface area contributed by atoms with E-state index in [-0.39, 0.29) is 48.9 Å². The summed E-state index contributed by atoms with van der Waals surface area (Å²) in [5.74, 6) is -0.125. The average Bonchev–Trinajstić information content (AvgIpc) is 2.62. The summed E-state index contributed by atoms with van der Waals surface area (Å²) in [5.41, 5.74) is -0.300. The molecule has 1 N–H and O–H groups in total. The lowest BCUT2D eigenvalue weighted by Gasteiger charge is -2.17. The van der Waals surface area contributed by atoms with Gasteiger partial charge in [-0.15, -0.1) is 0 Å². The molecule has 0 bridgehead atoms. The second kappa shape index (κ2) is 15.1. The Morgan fingerprint density at radius 1 is 0.900 bits per heavy atom. The van der Waals surface area contributed by atoms with Crippen LogP contribution in [0, 0.1) is 10.8 Å². The highest BCUT2D eigenvalue weighted by Gasteiger charge is 2.18. The SMILES string of the molecule is CC(C)(C)CCNC(=O)CCC(=O)CCCOCCOOO/C=C/C(=O)C(C)(C)C. The topological polar surface area (TPSA) is 100 Å². The largest absolute Gasteiger partial charge is 0.379 e. The number of allylic oxidation sites excluding steroid dienone is 1. The van der Waals surface area contributed by atoms with Crippen LogP contribution in [0.2, 0.25) is 0 Å². The second-order valence-electron chi connectivity index (χ2n) is 9.32. The van der Waals surface area contributed by atoms with E-state index in [9.17, 15) is 14.4 Å². The summed E-state index contributed by atoms with van der Waals surface area (Å²) in [6.07, 6.45) is 4.73. The Hall–Kier alpha value is -1.77. The number of rotatable bonds is 16. The van der Waals surface area contributed by atoms with E-state index in [1.54, 1.807) is 20.8 Å². The molecular weight excluding hydrogens is 390 g/mol. The highest BCUT2D eigenvalue weighted by molar-refractivity contribution is 5.93. The maximum atomic E-state index is 11.8. The Morgan fingerprint density at radius 2 is 1.60 bits per heavy atom. The molecule has 0 rings (SSSR count). The van der Waals surface area contributed by atoms with Crippen molar-refractivity contribution in [3.63, 3.8) is 0 Å². The molecule has 0 fully saturated rings. The van der Waals surface area contributed by atoms with Crippen molar-refractivity contribution in [3.05, 3.63) is 12.3 Å². The van der Waals surface area contributed by atoms with Crippen molar-refractivity contribution in [1.29, 1.82) is 0 Å².